The third-order valence-electron chi connectivity index (χ3n) is 8.21. The molecule has 0 spiro atoms. The molecular formula is C29H33BrNO2+. The van der Waals surface area contributed by atoms with Crippen LogP contribution in [0.25, 0.3) is 0 Å². The van der Waals surface area contributed by atoms with Gasteiger partial charge in [-0.3, -0.25) is 0 Å². The molecule has 0 amide bonds. The van der Waals surface area contributed by atoms with Crippen LogP contribution in [0.2, 0.25) is 0 Å². The van der Waals surface area contributed by atoms with E-state index >= 15 is 0 Å². The van der Waals surface area contributed by atoms with Crippen LogP contribution < -0.4 is 0 Å². The molecule has 6 rings (SSSR count). The Morgan fingerprint density at radius 2 is 1.39 bits per heavy atom. The van der Waals surface area contributed by atoms with Crippen LogP contribution in [0.4, 0.5) is 0 Å². The first-order chi connectivity index (χ1) is 16.1. The number of hydrogen-bond donors (Lipinski definition) is 1. The smallest absolute Gasteiger partial charge is 0.121 e. The molecule has 0 aromatic heterocycles. The van der Waals surface area contributed by atoms with Crippen molar-refractivity contribution in [2.24, 2.45) is 5.41 Å². The Balaban J connectivity index is 1.29. The van der Waals surface area contributed by atoms with E-state index in [0.29, 0.717) is 6.61 Å². The molecule has 3 aliphatic rings. The predicted octanol–water partition coefficient (Wildman–Crippen LogP) is 5.90. The summed E-state index contributed by atoms with van der Waals surface area (Å²) in [5.74, 6) is 0. The lowest BCUT2D eigenvalue weighted by Gasteiger charge is -2.60. The Morgan fingerprint density at radius 1 is 0.818 bits per heavy atom. The van der Waals surface area contributed by atoms with Gasteiger partial charge >= 0.3 is 0 Å². The number of fused-ring (bicyclic) bond motifs is 3. The standard InChI is InChI=1S/C29H33BrNO2/c30-27-13-7-8-24(22-27)23-33-21-20-31-17-14-28(15-18-31,16-19-31)29(32,25-9-3-1-4-10-25)26-11-5-2-6-12-26/h1-13,22,32H,14-21,23H2/q+1. The maximum Gasteiger partial charge on any atom is 0.121 e. The minimum absolute atomic E-state index is 0.118. The molecule has 3 fully saturated rings. The lowest BCUT2D eigenvalue weighted by molar-refractivity contribution is -0.946. The first-order valence-electron chi connectivity index (χ1n) is 12.1. The number of aliphatic hydroxyl groups is 1. The van der Waals surface area contributed by atoms with E-state index in [0.717, 1.165) is 72.1 Å². The second-order valence-corrected chi connectivity index (χ2v) is 10.8. The minimum Gasteiger partial charge on any atom is -0.380 e. The van der Waals surface area contributed by atoms with Gasteiger partial charge in [-0.2, -0.15) is 0 Å². The monoisotopic (exact) mass is 506 g/mol. The summed E-state index contributed by atoms with van der Waals surface area (Å²) in [7, 11) is 0. The molecule has 0 saturated carbocycles. The van der Waals surface area contributed by atoms with Crippen molar-refractivity contribution in [1.82, 2.24) is 0 Å². The molecule has 3 saturated heterocycles. The molecule has 3 heterocycles. The van der Waals surface area contributed by atoms with E-state index in [-0.39, 0.29) is 5.41 Å². The fourth-order valence-corrected chi connectivity index (χ4v) is 6.60. The van der Waals surface area contributed by atoms with E-state index in [1.807, 2.05) is 18.2 Å². The highest BCUT2D eigenvalue weighted by Gasteiger charge is 2.60. The highest BCUT2D eigenvalue weighted by Crippen LogP contribution is 2.57. The zero-order valence-electron chi connectivity index (χ0n) is 19.1. The molecular weight excluding hydrogens is 474 g/mol. The number of hydrogen-bond acceptors (Lipinski definition) is 2. The molecule has 0 radical (unpaired) electrons. The van der Waals surface area contributed by atoms with Crippen molar-refractivity contribution < 1.29 is 14.3 Å². The summed E-state index contributed by atoms with van der Waals surface area (Å²) in [6.07, 6.45) is 3.12. The quantitative estimate of drug-likeness (QED) is 0.304. The summed E-state index contributed by atoms with van der Waals surface area (Å²) in [5.41, 5.74) is 2.18. The second-order valence-electron chi connectivity index (χ2n) is 9.89. The van der Waals surface area contributed by atoms with Crippen molar-refractivity contribution in [3.05, 3.63) is 106 Å². The van der Waals surface area contributed by atoms with E-state index in [9.17, 15) is 5.11 Å². The van der Waals surface area contributed by atoms with Gasteiger partial charge < -0.3 is 14.3 Å². The highest BCUT2D eigenvalue weighted by atomic mass is 79.9. The molecule has 172 valence electrons. The average Bonchev–Trinajstić information content (AvgIpc) is 2.88. The van der Waals surface area contributed by atoms with Gasteiger partial charge in [0.15, 0.2) is 0 Å². The number of nitrogens with zero attached hydrogens (tertiary/aromatic N) is 1. The molecule has 1 N–H and O–H groups in total. The van der Waals surface area contributed by atoms with Gasteiger partial charge in [0.25, 0.3) is 0 Å². The number of rotatable bonds is 8. The molecule has 0 unspecified atom stereocenters. The van der Waals surface area contributed by atoms with E-state index < -0.39 is 5.60 Å². The van der Waals surface area contributed by atoms with Crippen LogP contribution in [0.15, 0.2) is 89.4 Å². The van der Waals surface area contributed by atoms with Crippen LogP contribution in [-0.2, 0) is 16.9 Å². The van der Waals surface area contributed by atoms with Gasteiger partial charge in [0.1, 0.15) is 12.1 Å². The van der Waals surface area contributed by atoms with Crippen LogP contribution in [-0.4, -0.2) is 42.4 Å². The molecule has 3 aliphatic heterocycles. The largest absolute Gasteiger partial charge is 0.380 e. The first kappa shape index (κ1) is 22.8. The van der Waals surface area contributed by atoms with Crippen LogP contribution in [0.5, 0.6) is 0 Å². The van der Waals surface area contributed by atoms with Crippen molar-refractivity contribution in [3.63, 3.8) is 0 Å². The summed E-state index contributed by atoms with van der Waals surface area (Å²) in [4.78, 5) is 0. The van der Waals surface area contributed by atoms with Crippen molar-refractivity contribution >= 4 is 15.9 Å². The normalized spacial score (nSPS) is 24.7. The molecule has 0 atom stereocenters. The van der Waals surface area contributed by atoms with E-state index in [1.165, 1.54) is 5.56 Å². The lowest BCUT2D eigenvalue weighted by Crippen LogP contribution is -2.67. The highest BCUT2D eigenvalue weighted by molar-refractivity contribution is 9.10. The third kappa shape index (κ3) is 4.30. The SMILES string of the molecule is OC(c1ccccc1)(c1ccccc1)C12CC[N+](CCOCc3cccc(Br)c3)(CC1)CC2. The Hall–Kier alpha value is -1.98. The fraction of sp³-hybridized carbons (Fsp3) is 0.379. The second kappa shape index (κ2) is 9.34. The Labute approximate surface area is 205 Å². The number of halogens is 1. The van der Waals surface area contributed by atoms with Crippen LogP contribution in [0.1, 0.15) is 36.0 Å². The van der Waals surface area contributed by atoms with Crippen molar-refractivity contribution in [3.8, 4) is 0 Å². The number of piperidine rings is 3. The van der Waals surface area contributed by atoms with Gasteiger partial charge in [-0.05, 0) is 28.8 Å². The molecule has 2 bridgehead atoms. The summed E-state index contributed by atoms with van der Waals surface area (Å²) in [6, 6.07) is 29.0. The third-order valence-corrected chi connectivity index (χ3v) is 8.71. The molecule has 3 nitrogen and oxygen atoms in total. The molecule has 3 aromatic carbocycles. The summed E-state index contributed by atoms with van der Waals surface area (Å²) < 4.78 is 8.29. The number of benzene rings is 3. The number of quaternary nitrogens is 1. The summed E-state index contributed by atoms with van der Waals surface area (Å²) >= 11 is 3.53. The Kier molecular flexibility index (Phi) is 6.45. The maximum atomic E-state index is 12.5. The lowest BCUT2D eigenvalue weighted by atomic mass is 9.56. The van der Waals surface area contributed by atoms with Crippen LogP contribution >= 0.6 is 15.9 Å². The fourth-order valence-electron chi connectivity index (χ4n) is 6.15. The van der Waals surface area contributed by atoms with E-state index in [4.69, 9.17) is 4.74 Å². The van der Waals surface area contributed by atoms with Crippen molar-refractivity contribution in [1.29, 1.82) is 0 Å². The molecule has 4 heteroatoms. The minimum atomic E-state index is -0.955. The van der Waals surface area contributed by atoms with E-state index in [2.05, 4.69) is 82.7 Å². The average molecular weight is 507 g/mol. The van der Waals surface area contributed by atoms with Crippen LogP contribution in [0, 0.1) is 5.41 Å². The van der Waals surface area contributed by atoms with Crippen molar-refractivity contribution in [2.75, 3.05) is 32.8 Å². The van der Waals surface area contributed by atoms with Gasteiger partial charge in [-0.25, -0.2) is 0 Å². The van der Waals surface area contributed by atoms with Gasteiger partial charge in [-0.1, -0.05) is 88.7 Å². The summed E-state index contributed by atoms with van der Waals surface area (Å²) in [5, 5.41) is 12.5. The molecule has 33 heavy (non-hydrogen) atoms. The van der Waals surface area contributed by atoms with Gasteiger partial charge in [0, 0.05) is 29.2 Å². The molecule has 3 aromatic rings. The first-order valence-corrected chi connectivity index (χ1v) is 12.9. The maximum absolute atomic E-state index is 12.5. The van der Waals surface area contributed by atoms with Gasteiger partial charge in [-0.15, -0.1) is 0 Å². The summed E-state index contributed by atoms with van der Waals surface area (Å²) in [6.45, 7) is 5.83. The Bertz CT molecular complexity index is 1010. The van der Waals surface area contributed by atoms with Gasteiger partial charge in [0.05, 0.1) is 32.8 Å². The zero-order chi connectivity index (χ0) is 22.8. The number of ether oxygens (including phenoxy) is 1. The van der Waals surface area contributed by atoms with Gasteiger partial charge in [0.2, 0.25) is 0 Å². The van der Waals surface area contributed by atoms with E-state index in [1.54, 1.807) is 0 Å². The van der Waals surface area contributed by atoms with Crippen molar-refractivity contribution in [2.45, 2.75) is 31.5 Å². The van der Waals surface area contributed by atoms with Crippen LogP contribution in [0.3, 0.4) is 0 Å². The topological polar surface area (TPSA) is 29.5 Å². The predicted molar refractivity (Wildman–Crippen MR) is 136 cm³/mol. The zero-order valence-corrected chi connectivity index (χ0v) is 20.7. The molecule has 0 aliphatic carbocycles. The Morgan fingerprint density at radius 3 is 1.94 bits per heavy atom.